The molecule has 1 aliphatic rings. The zero-order chi connectivity index (χ0) is 15.9. The van der Waals surface area contributed by atoms with Gasteiger partial charge in [-0.2, -0.15) is 0 Å². The van der Waals surface area contributed by atoms with Crippen molar-refractivity contribution in [1.29, 1.82) is 0 Å². The maximum atomic E-state index is 3.87. The Hall–Kier alpha value is -1.50. The lowest BCUT2D eigenvalue weighted by Crippen LogP contribution is -2.08. The van der Waals surface area contributed by atoms with Gasteiger partial charge in [-0.25, -0.2) is 0 Å². The Balaban J connectivity index is 2.31. The third-order valence-electron chi connectivity index (χ3n) is 4.72. The van der Waals surface area contributed by atoms with Crippen LogP contribution in [0.3, 0.4) is 0 Å². The van der Waals surface area contributed by atoms with Crippen LogP contribution in [0, 0.1) is 6.92 Å². The van der Waals surface area contributed by atoms with Crippen LogP contribution in [0.25, 0.3) is 0 Å². The summed E-state index contributed by atoms with van der Waals surface area (Å²) in [6, 6.07) is 4.74. The molecule has 1 unspecified atom stereocenters. The average molecular weight is 297 g/mol. The lowest BCUT2D eigenvalue weighted by Gasteiger charge is -2.25. The number of hydrogen-bond acceptors (Lipinski definition) is 1. The predicted molar refractivity (Wildman–Crippen MR) is 98.6 cm³/mol. The van der Waals surface area contributed by atoms with Gasteiger partial charge in [-0.05, 0) is 74.9 Å². The van der Waals surface area contributed by atoms with E-state index in [1.54, 1.807) is 0 Å². The highest BCUT2D eigenvalue weighted by Crippen LogP contribution is 2.37. The summed E-state index contributed by atoms with van der Waals surface area (Å²) in [5.41, 5.74) is 7.15. The normalized spacial score (nSPS) is 18.0. The highest BCUT2D eigenvalue weighted by molar-refractivity contribution is 5.60. The van der Waals surface area contributed by atoms with E-state index >= 15 is 0 Å². The zero-order valence-electron chi connectivity index (χ0n) is 14.5. The van der Waals surface area contributed by atoms with Crippen molar-refractivity contribution in [2.75, 3.05) is 5.32 Å². The molecule has 2 rings (SSSR count). The van der Waals surface area contributed by atoms with Crippen LogP contribution in [0.1, 0.15) is 75.0 Å². The second kappa shape index (κ2) is 8.22. The lowest BCUT2D eigenvalue weighted by molar-refractivity contribution is 0.631. The SMILES string of the molecule is C=CNc1cc(CCCCC)cc(C)c1C1C=C(C)CCC1. The maximum Gasteiger partial charge on any atom is 0.0423 e. The Labute approximate surface area is 136 Å². The first-order chi connectivity index (χ1) is 10.7. The van der Waals surface area contributed by atoms with Crippen LogP contribution in [-0.2, 0) is 6.42 Å². The van der Waals surface area contributed by atoms with Crippen molar-refractivity contribution in [3.8, 4) is 0 Å². The van der Waals surface area contributed by atoms with Crippen LogP contribution in [0.4, 0.5) is 5.69 Å². The number of anilines is 1. The molecule has 0 aromatic heterocycles. The van der Waals surface area contributed by atoms with E-state index in [0.717, 1.165) is 0 Å². The van der Waals surface area contributed by atoms with E-state index in [2.05, 4.69) is 50.9 Å². The van der Waals surface area contributed by atoms with Gasteiger partial charge in [0.25, 0.3) is 0 Å². The van der Waals surface area contributed by atoms with Gasteiger partial charge in [0, 0.05) is 11.6 Å². The number of hydrogen-bond donors (Lipinski definition) is 1. The Morgan fingerprint density at radius 2 is 2.09 bits per heavy atom. The summed E-state index contributed by atoms with van der Waals surface area (Å²) in [5, 5.41) is 3.39. The number of aryl methyl sites for hydroxylation is 2. The van der Waals surface area contributed by atoms with Crippen LogP contribution < -0.4 is 5.32 Å². The molecule has 22 heavy (non-hydrogen) atoms. The van der Waals surface area contributed by atoms with Gasteiger partial charge in [-0.15, -0.1) is 0 Å². The lowest BCUT2D eigenvalue weighted by atomic mass is 9.82. The minimum Gasteiger partial charge on any atom is -0.362 e. The summed E-state index contributed by atoms with van der Waals surface area (Å²) in [6.07, 6.45) is 13.2. The molecule has 0 radical (unpaired) electrons. The number of unbranched alkanes of at least 4 members (excludes halogenated alkanes) is 2. The van der Waals surface area contributed by atoms with E-state index in [1.165, 1.54) is 72.9 Å². The van der Waals surface area contributed by atoms with E-state index in [4.69, 9.17) is 0 Å². The Morgan fingerprint density at radius 3 is 2.77 bits per heavy atom. The number of nitrogens with one attached hydrogen (secondary N) is 1. The van der Waals surface area contributed by atoms with Crippen LogP contribution in [0.5, 0.6) is 0 Å². The molecule has 1 aromatic rings. The van der Waals surface area contributed by atoms with Crippen LogP contribution in [-0.4, -0.2) is 0 Å². The topological polar surface area (TPSA) is 12.0 Å². The minimum atomic E-state index is 0.556. The van der Waals surface area contributed by atoms with Gasteiger partial charge in [0.05, 0.1) is 0 Å². The first kappa shape index (κ1) is 16.9. The standard InChI is InChI=1S/C21H31N/c1-5-7-8-11-18-14-17(4)21(20(15-18)22-6-2)19-12-9-10-16(3)13-19/h6,13-15,19,22H,2,5,7-12H2,1,3-4H3. The van der Waals surface area contributed by atoms with Gasteiger partial charge >= 0.3 is 0 Å². The molecular formula is C21H31N. The van der Waals surface area contributed by atoms with E-state index in [9.17, 15) is 0 Å². The molecule has 120 valence electrons. The summed E-state index contributed by atoms with van der Waals surface area (Å²) in [6.45, 7) is 10.7. The van der Waals surface area contributed by atoms with E-state index in [1.807, 2.05) is 6.20 Å². The molecule has 0 heterocycles. The molecule has 0 amide bonds. The summed E-state index contributed by atoms with van der Waals surface area (Å²) < 4.78 is 0. The predicted octanol–water partition coefficient (Wildman–Crippen LogP) is 6.50. The molecule has 1 atom stereocenters. The third kappa shape index (κ3) is 4.25. The van der Waals surface area contributed by atoms with Gasteiger partial charge in [-0.3, -0.25) is 0 Å². The van der Waals surface area contributed by atoms with E-state index in [0.29, 0.717) is 5.92 Å². The van der Waals surface area contributed by atoms with Gasteiger partial charge in [0.2, 0.25) is 0 Å². The molecule has 1 N–H and O–H groups in total. The monoisotopic (exact) mass is 297 g/mol. The summed E-state index contributed by atoms with van der Waals surface area (Å²) in [7, 11) is 0. The van der Waals surface area contributed by atoms with E-state index < -0.39 is 0 Å². The van der Waals surface area contributed by atoms with Crippen molar-refractivity contribution >= 4 is 5.69 Å². The van der Waals surface area contributed by atoms with Gasteiger partial charge in [0.15, 0.2) is 0 Å². The maximum absolute atomic E-state index is 3.87. The molecule has 0 saturated carbocycles. The van der Waals surface area contributed by atoms with Crippen LogP contribution >= 0.6 is 0 Å². The number of rotatable bonds is 7. The van der Waals surface area contributed by atoms with Gasteiger partial charge in [0.1, 0.15) is 0 Å². The Bertz CT molecular complexity index is 539. The largest absolute Gasteiger partial charge is 0.362 e. The van der Waals surface area contributed by atoms with Crippen molar-refractivity contribution in [1.82, 2.24) is 0 Å². The molecular weight excluding hydrogens is 266 g/mol. The fourth-order valence-electron chi connectivity index (χ4n) is 3.66. The fraction of sp³-hybridized carbons (Fsp3) is 0.524. The quantitative estimate of drug-likeness (QED) is 0.447. The fourth-order valence-corrected chi connectivity index (χ4v) is 3.66. The van der Waals surface area contributed by atoms with Gasteiger partial charge < -0.3 is 5.32 Å². The Kier molecular flexibility index (Phi) is 6.30. The van der Waals surface area contributed by atoms with Crippen LogP contribution in [0.2, 0.25) is 0 Å². The first-order valence-electron chi connectivity index (χ1n) is 8.83. The minimum absolute atomic E-state index is 0.556. The molecule has 1 aliphatic carbocycles. The number of benzene rings is 1. The summed E-state index contributed by atoms with van der Waals surface area (Å²) >= 11 is 0. The summed E-state index contributed by atoms with van der Waals surface area (Å²) in [4.78, 5) is 0. The molecule has 0 bridgehead atoms. The number of allylic oxidation sites excluding steroid dienone is 2. The molecule has 1 aromatic carbocycles. The highest BCUT2D eigenvalue weighted by atomic mass is 14.8. The average Bonchev–Trinajstić information content (AvgIpc) is 2.47. The van der Waals surface area contributed by atoms with Gasteiger partial charge in [-0.1, -0.05) is 44.1 Å². The highest BCUT2D eigenvalue weighted by Gasteiger charge is 2.19. The molecule has 0 saturated heterocycles. The molecule has 1 nitrogen and oxygen atoms in total. The van der Waals surface area contributed by atoms with Crippen molar-refractivity contribution in [3.05, 3.63) is 53.3 Å². The zero-order valence-corrected chi connectivity index (χ0v) is 14.5. The molecule has 0 fully saturated rings. The van der Waals surface area contributed by atoms with E-state index in [-0.39, 0.29) is 0 Å². The van der Waals surface area contributed by atoms with Crippen molar-refractivity contribution in [3.63, 3.8) is 0 Å². The van der Waals surface area contributed by atoms with Crippen LogP contribution in [0.15, 0.2) is 36.6 Å². The molecule has 0 spiro atoms. The molecule has 1 heteroatoms. The van der Waals surface area contributed by atoms with Crippen molar-refractivity contribution in [2.45, 2.75) is 71.6 Å². The van der Waals surface area contributed by atoms with Crippen molar-refractivity contribution in [2.24, 2.45) is 0 Å². The first-order valence-corrected chi connectivity index (χ1v) is 8.83. The smallest absolute Gasteiger partial charge is 0.0423 e. The third-order valence-corrected chi connectivity index (χ3v) is 4.72. The van der Waals surface area contributed by atoms with Crippen molar-refractivity contribution < 1.29 is 0 Å². The second-order valence-electron chi connectivity index (χ2n) is 6.69. The molecule has 0 aliphatic heterocycles. The summed E-state index contributed by atoms with van der Waals surface area (Å²) in [5.74, 6) is 0.556. The Morgan fingerprint density at radius 1 is 1.27 bits per heavy atom. The second-order valence-corrected chi connectivity index (χ2v) is 6.69.